The topological polar surface area (TPSA) is 38.5 Å². The minimum Gasteiger partial charge on any atom is -0.487 e. The number of hydrazine groups is 1. The molecule has 0 heterocycles. The maximum atomic E-state index is 6.17. The van der Waals surface area contributed by atoms with Crippen LogP contribution in [-0.2, 0) is 6.61 Å². The van der Waals surface area contributed by atoms with Crippen molar-refractivity contribution in [1.82, 2.24) is 0 Å². The van der Waals surface area contributed by atoms with Crippen molar-refractivity contribution < 1.29 is 4.74 Å². The highest BCUT2D eigenvalue weighted by Gasteiger charge is 2.10. The molecule has 2 N–H and O–H groups in total. The quantitative estimate of drug-likeness (QED) is 0.536. The summed E-state index contributed by atoms with van der Waals surface area (Å²) in [6.07, 6.45) is 0. The fourth-order valence-electron chi connectivity index (χ4n) is 1.95. The van der Waals surface area contributed by atoms with Gasteiger partial charge >= 0.3 is 0 Å². The van der Waals surface area contributed by atoms with Crippen molar-refractivity contribution in [3.05, 3.63) is 52.5 Å². The molecular weight excluding hydrogens is 291 g/mol. The number of nitrogens with two attached hydrogens (primary N) is 1. The van der Waals surface area contributed by atoms with E-state index in [2.05, 4.69) is 9.24 Å². The van der Waals surface area contributed by atoms with Gasteiger partial charge < -0.3 is 9.75 Å². The normalized spacial score (nSPS) is 10.4. The summed E-state index contributed by atoms with van der Waals surface area (Å²) in [5, 5.41) is 3.26. The lowest BCUT2D eigenvalue weighted by Gasteiger charge is -2.19. The van der Waals surface area contributed by atoms with Crippen molar-refractivity contribution in [3.8, 4) is 5.75 Å². The average molecular weight is 309 g/mol. The van der Waals surface area contributed by atoms with Crippen LogP contribution < -0.4 is 20.9 Å². The van der Waals surface area contributed by atoms with Gasteiger partial charge in [-0.1, -0.05) is 29.8 Å². The van der Waals surface area contributed by atoms with E-state index in [-0.39, 0.29) is 0 Å². The zero-order valence-electron chi connectivity index (χ0n) is 11.6. The number of hydrogen-bond acceptors (Lipinski definition) is 3. The number of nitrogens with zero attached hydrogens (tertiary/aromatic N) is 1. The zero-order valence-corrected chi connectivity index (χ0v) is 13.5. The average Bonchev–Trinajstić information content (AvgIpc) is 2.38. The molecule has 0 aliphatic carbocycles. The first-order valence-electron chi connectivity index (χ1n) is 6.24. The minimum atomic E-state index is 0.416. The molecule has 0 aliphatic rings. The second-order valence-corrected chi connectivity index (χ2v) is 5.71. The largest absolute Gasteiger partial charge is 0.487 e. The molecule has 0 spiro atoms. The Hall–Kier alpha value is -1.28. The number of aryl methyl sites for hydroxylation is 1. The van der Waals surface area contributed by atoms with Crippen LogP contribution in [0.5, 0.6) is 5.75 Å². The number of rotatable bonds is 4. The van der Waals surface area contributed by atoms with Crippen LogP contribution in [0.15, 0.2) is 36.4 Å². The Morgan fingerprint density at radius 3 is 2.70 bits per heavy atom. The molecule has 0 aromatic heterocycles. The third-order valence-corrected chi connectivity index (χ3v) is 3.86. The molecule has 0 saturated heterocycles. The van der Waals surface area contributed by atoms with Crippen LogP contribution >= 0.6 is 20.8 Å². The fourth-order valence-corrected chi connectivity index (χ4v) is 2.58. The molecule has 0 aliphatic heterocycles. The Balaban J connectivity index is 2.23. The van der Waals surface area contributed by atoms with Crippen molar-refractivity contribution in [1.29, 1.82) is 0 Å². The molecule has 0 fully saturated rings. The first kappa shape index (κ1) is 15.1. The first-order chi connectivity index (χ1) is 9.49. The van der Waals surface area contributed by atoms with E-state index in [1.54, 1.807) is 5.01 Å². The van der Waals surface area contributed by atoms with Crippen LogP contribution in [0.1, 0.15) is 11.1 Å². The predicted octanol–water partition coefficient (Wildman–Crippen LogP) is 3.04. The molecule has 2 aromatic carbocycles. The van der Waals surface area contributed by atoms with Gasteiger partial charge in [0.05, 0.1) is 10.7 Å². The molecule has 0 amide bonds. The smallest absolute Gasteiger partial charge is 0.138 e. The lowest BCUT2D eigenvalue weighted by Crippen LogP contribution is -2.28. The third kappa shape index (κ3) is 3.43. The molecule has 106 valence electrons. The molecule has 5 heteroatoms. The van der Waals surface area contributed by atoms with Crippen molar-refractivity contribution in [2.24, 2.45) is 5.84 Å². The molecule has 2 aromatic rings. The summed E-state index contributed by atoms with van der Waals surface area (Å²) in [5.74, 6) is 6.52. The molecule has 3 nitrogen and oxygen atoms in total. The SMILES string of the molecule is Cc1ccc(OCc2c(P)cccc2N(C)N)c(Cl)c1. The van der Waals surface area contributed by atoms with Gasteiger partial charge in [0.25, 0.3) is 0 Å². The Morgan fingerprint density at radius 1 is 1.30 bits per heavy atom. The number of hydrogen-bond donors (Lipinski definition) is 1. The zero-order chi connectivity index (χ0) is 14.7. The van der Waals surface area contributed by atoms with Crippen LogP contribution in [-0.4, -0.2) is 7.05 Å². The van der Waals surface area contributed by atoms with Gasteiger partial charge in [-0.25, -0.2) is 5.84 Å². The summed E-state index contributed by atoms with van der Waals surface area (Å²) < 4.78 is 5.82. The van der Waals surface area contributed by atoms with Crippen molar-refractivity contribution in [2.45, 2.75) is 13.5 Å². The molecule has 0 bridgehead atoms. The van der Waals surface area contributed by atoms with E-state index in [4.69, 9.17) is 22.2 Å². The maximum Gasteiger partial charge on any atom is 0.138 e. The van der Waals surface area contributed by atoms with Gasteiger partial charge in [0, 0.05) is 12.6 Å². The van der Waals surface area contributed by atoms with E-state index in [9.17, 15) is 0 Å². The van der Waals surface area contributed by atoms with Crippen molar-refractivity contribution >= 4 is 31.8 Å². The highest BCUT2D eigenvalue weighted by molar-refractivity contribution is 7.27. The van der Waals surface area contributed by atoms with Gasteiger partial charge in [-0.2, -0.15) is 0 Å². The standard InChI is InChI=1S/C15H18ClN2OP/c1-10-6-7-14(12(16)8-10)19-9-11-13(18(2)17)4-3-5-15(11)20/h3-8H,9,17,20H2,1-2H3. The number of halogens is 1. The van der Waals surface area contributed by atoms with E-state index < -0.39 is 0 Å². The summed E-state index contributed by atoms with van der Waals surface area (Å²) in [6, 6.07) is 11.7. The highest BCUT2D eigenvalue weighted by atomic mass is 35.5. The summed E-state index contributed by atoms with van der Waals surface area (Å²) in [5.41, 5.74) is 3.07. The Morgan fingerprint density at radius 2 is 2.05 bits per heavy atom. The van der Waals surface area contributed by atoms with E-state index >= 15 is 0 Å². The molecule has 1 atom stereocenters. The highest BCUT2D eigenvalue weighted by Crippen LogP contribution is 2.27. The summed E-state index contributed by atoms with van der Waals surface area (Å²) in [6.45, 7) is 2.41. The van der Waals surface area contributed by atoms with Crippen molar-refractivity contribution in [2.75, 3.05) is 12.1 Å². The Kier molecular flexibility index (Phi) is 4.87. The van der Waals surface area contributed by atoms with Crippen LogP contribution in [0.3, 0.4) is 0 Å². The van der Waals surface area contributed by atoms with Gasteiger partial charge in [-0.15, -0.1) is 9.24 Å². The van der Waals surface area contributed by atoms with Crippen LogP contribution in [0.4, 0.5) is 5.69 Å². The number of benzene rings is 2. The maximum absolute atomic E-state index is 6.17. The predicted molar refractivity (Wildman–Crippen MR) is 88.9 cm³/mol. The van der Waals surface area contributed by atoms with E-state index in [1.165, 1.54) is 0 Å². The van der Waals surface area contributed by atoms with Gasteiger partial charge in [-0.05, 0) is 36.0 Å². The third-order valence-electron chi connectivity index (χ3n) is 3.03. The minimum absolute atomic E-state index is 0.416. The second-order valence-electron chi connectivity index (χ2n) is 4.68. The van der Waals surface area contributed by atoms with Crippen LogP contribution in [0.2, 0.25) is 5.02 Å². The van der Waals surface area contributed by atoms with Crippen LogP contribution in [0, 0.1) is 6.92 Å². The molecule has 0 saturated carbocycles. The summed E-state index contributed by atoms with van der Waals surface area (Å²) in [7, 11) is 4.51. The lowest BCUT2D eigenvalue weighted by atomic mass is 10.2. The van der Waals surface area contributed by atoms with Crippen molar-refractivity contribution in [3.63, 3.8) is 0 Å². The molecular formula is C15H18ClN2OP. The first-order valence-corrected chi connectivity index (χ1v) is 7.19. The van der Waals surface area contributed by atoms with E-state index in [0.29, 0.717) is 17.4 Å². The summed E-state index contributed by atoms with van der Waals surface area (Å²) in [4.78, 5) is 0. The van der Waals surface area contributed by atoms with Gasteiger partial charge in [-0.3, -0.25) is 0 Å². The molecule has 2 rings (SSSR count). The Labute approximate surface area is 126 Å². The molecule has 20 heavy (non-hydrogen) atoms. The van der Waals surface area contributed by atoms with E-state index in [0.717, 1.165) is 22.1 Å². The van der Waals surface area contributed by atoms with E-state index in [1.807, 2.05) is 50.4 Å². The molecule has 1 unspecified atom stereocenters. The monoisotopic (exact) mass is 308 g/mol. The molecule has 0 radical (unpaired) electrons. The number of ether oxygens (including phenoxy) is 1. The summed E-state index contributed by atoms with van der Waals surface area (Å²) >= 11 is 6.17. The number of anilines is 1. The van der Waals surface area contributed by atoms with Gasteiger partial charge in [0.2, 0.25) is 0 Å². The second kappa shape index (κ2) is 6.45. The lowest BCUT2D eigenvalue weighted by molar-refractivity contribution is 0.307. The fraction of sp³-hybridized carbons (Fsp3) is 0.200. The van der Waals surface area contributed by atoms with Gasteiger partial charge in [0.15, 0.2) is 0 Å². The van der Waals surface area contributed by atoms with Crippen LogP contribution in [0.25, 0.3) is 0 Å². The van der Waals surface area contributed by atoms with Gasteiger partial charge in [0.1, 0.15) is 12.4 Å². The Bertz CT molecular complexity index is 617.